The lowest BCUT2D eigenvalue weighted by molar-refractivity contribution is -0.119. The number of benzene rings is 1. The molecule has 2 rings (SSSR count). The zero-order valence-electron chi connectivity index (χ0n) is 13.2. The molecule has 2 amide bonds. The highest BCUT2D eigenvalue weighted by Gasteiger charge is 2.35. The van der Waals surface area contributed by atoms with Gasteiger partial charge in [-0.2, -0.15) is 0 Å². The maximum Gasteiger partial charge on any atom is 0.410 e. The molecule has 7 nitrogen and oxygen atoms in total. The van der Waals surface area contributed by atoms with E-state index in [0.29, 0.717) is 18.7 Å². The SMILES string of the molecule is CCOC(=O)c1ccccc1NC(=O)C1CCCN1C(=O)OC. The molecule has 0 radical (unpaired) electrons. The fourth-order valence-corrected chi connectivity index (χ4v) is 2.57. The molecule has 1 aliphatic heterocycles. The minimum Gasteiger partial charge on any atom is -0.462 e. The molecule has 7 heteroatoms. The Balaban J connectivity index is 2.14. The van der Waals surface area contributed by atoms with Crippen LogP contribution in [0.25, 0.3) is 0 Å². The summed E-state index contributed by atoms with van der Waals surface area (Å²) in [5.41, 5.74) is 0.651. The summed E-state index contributed by atoms with van der Waals surface area (Å²) in [4.78, 5) is 37.5. The van der Waals surface area contributed by atoms with Crippen molar-refractivity contribution in [3.63, 3.8) is 0 Å². The average Bonchev–Trinajstić information content (AvgIpc) is 3.04. The second-order valence-electron chi connectivity index (χ2n) is 5.08. The summed E-state index contributed by atoms with van der Waals surface area (Å²) in [5, 5.41) is 2.71. The third-order valence-electron chi connectivity index (χ3n) is 3.64. The Labute approximate surface area is 134 Å². The van der Waals surface area contributed by atoms with E-state index in [1.807, 2.05) is 0 Å². The van der Waals surface area contributed by atoms with Gasteiger partial charge in [-0.25, -0.2) is 9.59 Å². The van der Waals surface area contributed by atoms with Gasteiger partial charge in [0, 0.05) is 6.54 Å². The lowest BCUT2D eigenvalue weighted by atomic mass is 10.1. The van der Waals surface area contributed by atoms with E-state index in [2.05, 4.69) is 5.32 Å². The van der Waals surface area contributed by atoms with Crippen LogP contribution in [0.2, 0.25) is 0 Å². The highest BCUT2D eigenvalue weighted by molar-refractivity contribution is 6.03. The van der Waals surface area contributed by atoms with Crippen molar-refractivity contribution < 1.29 is 23.9 Å². The van der Waals surface area contributed by atoms with Crippen LogP contribution >= 0.6 is 0 Å². The van der Waals surface area contributed by atoms with Gasteiger partial charge in [0.2, 0.25) is 5.91 Å². The van der Waals surface area contributed by atoms with E-state index in [9.17, 15) is 14.4 Å². The van der Waals surface area contributed by atoms with Gasteiger partial charge >= 0.3 is 12.1 Å². The minimum atomic E-state index is -0.599. The number of methoxy groups -OCH3 is 1. The Bertz CT molecular complexity index is 602. The summed E-state index contributed by atoms with van der Waals surface area (Å²) in [6, 6.07) is 6.02. The van der Waals surface area contributed by atoms with Gasteiger partial charge in [-0.3, -0.25) is 9.69 Å². The van der Waals surface area contributed by atoms with E-state index < -0.39 is 18.1 Å². The molecule has 0 saturated carbocycles. The summed E-state index contributed by atoms with van der Waals surface area (Å²) < 4.78 is 9.67. The zero-order chi connectivity index (χ0) is 16.8. The fourth-order valence-electron chi connectivity index (χ4n) is 2.57. The number of rotatable bonds is 4. The van der Waals surface area contributed by atoms with Crippen LogP contribution in [0.15, 0.2) is 24.3 Å². The van der Waals surface area contributed by atoms with Crippen molar-refractivity contribution >= 4 is 23.7 Å². The van der Waals surface area contributed by atoms with Crippen molar-refractivity contribution in [2.45, 2.75) is 25.8 Å². The zero-order valence-corrected chi connectivity index (χ0v) is 13.2. The molecule has 23 heavy (non-hydrogen) atoms. The molecule has 0 spiro atoms. The highest BCUT2D eigenvalue weighted by Crippen LogP contribution is 2.22. The monoisotopic (exact) mass is 320 g/mol. The first-order valence-electron chi connectivity index (χ1n) is 7.50. The van der Waals surface area contributed by atoms with Gasteiger partial charge in [-0.05, 0) is 31.9 Å². The second kappa shape index (κ2) is 7.62. The van der Waals surface area contributed by atoms with E-state index in [1.165, 1.54) is 12.0 Å². The van der Waals surface area contributed by atoms with Crippen molar-refractivity contribution in [2.24, 2.45) is 0 Å². The molecular formula is C16H20N2O5. The topological polar surface area (TPSA) is 84.9 Å². The van der Waals surface area contributed by atoms with Crippen LogP contribution in [0.5, 0.6) is 0 Å². The number of amides is 2. The molecule has 1 unspecified atom stereocenters. The van der Waals surface area contributed by atoms with Gasteiger partial charge in [-0.15, -0.1) is 0 Å². The molecule has 0 bridgehead atoms. The predicted molar refractivity (Wildman–Crippen MR) is 83.2 cm³/mol. The average molecular weight is 320 g/mol. The number of carbonyl (C=O) groups is 3. The molecule has 1 aliphatic rings. The van der Waals surface area contributed by atoms with Crippen LogP contribution in [0.4, 0.5) is 10.5 Å². The Morgan fingerprint density at radius 3 is 2.74 bits per heavy atom. The number of carbonyl (C=O) groups excluding carboxylic acids is 3. The van der Waals surface area contributed by atoms with Crippen molar-refractivity contribution in [3.8, 4) is 0 Å². The molecule has 124 valence electrons. The first-order valence-corrected chi connectivity index (χ1v) is 7.50. The molecule has 1 N–H and O–H groups in total. The van der Waals surface area contributed by atoms with Gasteiger partial charge in [-0.1, -0.05) is 12.1 Å². The molecule has 1 fully saturated rings. The molecule has 1 aromatic rings. The van der Waals surface area contributed by atoms with Gasteiger partial charge in [0.25, 0.3) is 0 Å². The third kappa shape index (κ3) is 3.80. The molecule has 0 aromatic heterocycles. The van der Waals surface area contributed by atoms with Crippen molar-refractivity contribution in [1.29, 1.82) is 0 Å². The summed E-state index contributed by atoms with van der Waals surface area (Å²) in [6.07, 6.45) is 0.760. The van der Waals surface area contributed by atoms with Crippen molar-refractivity contribution in [1.82, 2.24) is 4.90 Å². The highest BCUT2D eigenvalue weighted by atomic mass is 16.5. The molecule has 1 aromatic carbocycles. The lowest BCUT2D eigenvalue weighted by Gasteiger charge is -2.22. The smallest absolute Gasteiger partial charge is 0.410 e. The summed E-state index contributed by atoms with van der Waals surface area (Å²) in [5.74, 6) is -0.843. The van der Waals surface area contributed by atoms with Crippen LogP contribution in [0.1, 0.15) is 30.1 Å². The normalized spacial score (nSPS) is 16.8. The third-order valence-corrected chi connectivity index (χ3v) is 3.64. The number of anilines is 1. The Hall–Kier alpha value is -2.57. The van der Waals surface area contributed by atoms with Crippen LogP contribution < -0.4 is 5.32 Å². The first kappa shape index (κ1) is 16.8. The Morgan fingerprint density at radius 2 is 2.04 bits per heavy atom. The second-order valence-corrected chi connectivity index (χ2v) is 5.08. The van der Waals surface area contributed by atoms with E-state index in [1.54, 1.807) is 31.2 Å². The number of nitrogens with zero attached hydrogens (tertiary/aromatic N) is 1. The fraction of sp³-hybridized carbons (Fsp3) is 0.438. The Kier molecular flexibility index (Phi) is 5.56. The number of hydrogen-bond acceptors (Lipinski definition) is 5. The number of likely N-dealkylation sites (tertiary alicyclic amines) is 1. The lowest BCUT2D eigenvalue weighted by Crippen LogP contribution is -2.43. The molecule has 0 aliphatic carbocycles. The summed E-state index contributed by atoms with van der Waals surface area (Å²) in [6.45, 7) is 2.44. The van der Waals surface area contributed by atoms with Crippen LogP contribution in [-0.4, -0.2) is 49.2 Å². The van der Waals surface area contributed by atoms with Gasteiger partial charge in [0.05, 0.1) is 25.0 Å². The molecule has 1 saturated heterocycles. The standard InChI is InChI=1S/C16H20N2O5/c1-3-23-15(20)11-7-4-5-8-12(11)17-14(19)13-9-6-10-18(13)16(21)22-2/h4-5,7-8,13H,3,6,9-10H2,1-2H3,(H,17,19). The number of hydrogen-bond donors (Lipinski definition) is 1. The molecule has 1 heterocycles. The first-order chi connectivity index (χ1) is 11.1. The largest absolute Gasteiger partial charge is 0.462 e. The minimum absolute atomic E-state index is 0.250. The van der Waals surface area contributed by atoms with E-state index in [4.69, 9.17) is 9.47 Å². The van der Waals surface area contributed by atoms with Gasteiger partial charge in [0.1, 0.15) is 6.04 Å². The van der Waals surface area contributed by atoms with Crippen molar-refractivity contribution in [3.05, 3.63) is 29.8 Å². The maximum absolute atomic E-state index is 12.5. The predicted octanol–water partition coefficient (Wildman–Crippen LogP) is 2.03. The van der Waals surface area contributed by atoms with E-state index >= 15 is 0 Å². The van der Waals surface area contributed by atoms with Crippen LogP contribution in [0, 0.1) is 0 Å². The molecule has 1 atom stereocenters. The number of nitrogens with one attached hydrogen (secondary N) is 1. The van der Waals surface area contributed by atoms with Crippen molar-refractivity contribution in [2.75, 3.05) is 25.6 Å². The van der Waals surface area contributed by atoms with Crippen LogP contribution in [-0.2, 0) is 14.3 Å². The van der Waals surface area contributed by atoms with Gasteiger partial charge < -0.3 is 14.8 Å². The van der Waals surface area contributed by atoms with E-state index in [-0.39, 0.29) is 18.1 Å². The summed E-state index contributed by atoms with van der Waals surface area (Å²) in [7, 11) is 1.28. The van der Waals surface area contributed by atoms with E-state index in [0.717, 1.165) is 6.42 Å². The maximum atomic E-state index is 12.5. The number of para-hydroxylation sites is 1. The number of ether oxygens (including phenoxy) is 2. The summed E-state index contributed by atoms with van der Waals surface area (Å²) >= 11 is 0. The Morgan fingerprint density at radius 1 is 1.30 bits per heavy atom. The van der Waals surface area contributed by atoms with Gasteiger partial charge in [0.15, 0.2) is 0 Å². The van der Waals surface area contributed by atoms with Crippen LogP contribution in [0.3, 0.4) is 0 Å². The quantitative estimate of drug-likeness (QED) is 0.858. The number of esters is 1. The molecular weight excluding hydrogens is 300 g/mol.